The van der Waals surface area contributed by atoms with Crippen molar-refractivity contribution in [1.29, 1.82) is 0 Å². The predicted octanol–water partition coefficient (Wildman–Crippen LogP) is 1.61. The second kappa shape index (κ2) is 4.77. The van der Waals surface area contributed by atoms with Crippen LogP contribution in [0.25, 0.3) is 0 Å². The number of hydrogen-bond acceptors (Lipinski definition) is 2. The monoisotopic (exact) mass is 209 g/mol. The predicted molar refractivity (Wildman–Crippen MR) is 57.3 cm³/mol. The van der Waals surface area contributed by atoms with Crippen molar-refractivity contribution in [2.45, 2.75) is 38.5 Å². The van der Waals surface area contributed by atoms with Crippen LogP contribution in [0.3, 0.4) is 0 Å². The fourth-order valence-corrected chi connectivity index (χ4v) is 2.71. The summed E-state index contributed by atoms with van der Waals surface area (Å²) >= 11 is 0. The van der Waals surface area contributed by atoms with Crippen molar-refractivity contribution < 1.29 is 9.59 Å². The van der Waals surface area contributed by atoms with Crippen LogP contribution in [0.4, 0.5) is 0 Å². The standard InChI is InChI=1S/C12H19NO2/c14-9-10-6-7-13(8-10)12(15)11-4-2-1-3-5-11/h9-11H,1-8H2. The highest BCUT2D eigenvalue weighted by molar-refractivity contribution is 5.79. The molecule has 0 N–H and O–H groups in total. The molecule has 1 aliphatic carbocycles. The first-order valence-corrected chi connectivity index (χ1v) is 6.05. The first-order chi connectivity index (χ1) is 7.31. The molecule has 0 radical (unpaired) electrons. The number of nitrogens with zero attached hydrogens (tertiary/aromatic N) is 1. The van der Waals surface area contributed by atoms with E-state index < -0.39 is 0 Å². The maximum Gasteiger partial charge on any atom is 0.225 e. The summed E-state index contributed by atoms with van der Waals surface area (Å²) in [5.74, 6) is 0.653. The molecule has 1 heterocycles. The Hall–Kier alpha value is -0.860. The van der Waals surface area contributed by atoms with Gasteiger partial charge in [0.1, 0.15) is 6.29 Å². The van der Waals surface area contributed by atoms with Gasteiger partial charge in [0.2, 0.25) is 5.91 Å². The maximum atomic E-state index is 12.1. The zero-order valence-corrected chi connectivity index (χ0v) is 9.15. The van der Waals surface area contributed by atoms with E-state index in [1.807, 2.05) is 4.90 Å². The van der Waals surface area contributed by atoms with Gasteiger partial charge >= 0.3 is 0 Å². The summed E-state index contributed by atoms with van der Waals surface area (Å²) in [5.41, 5.74) is 0. The van der Waals surface area contributed by atoms with Crippen molar-refractivity contribution in [3.63, 3.8) is 0 Å². The van der Waals surface area contributed by atoms with Crippen LogP contribution in [-0.4, -0.2) is 30.2 Å². The minimum Gasteiger partial charge on any atom is -0.342 e. The number of aldehydes is 1. The van der Waals surface area contributed by atoms with Gasteiger partial charge in [-0.15, -0.1) is 0 Å². The first kappa shape index (κ1) is 10.7. The number of carbonyl (C=O) groups is 2. The van der Waals surface area contributed by atoms with E-state index >= 15 is 0 Å². The molecular weight excluding hydrogens is 190 g/mol. The Morgan fingerprint density at radius 1 is 1.13 bits per heavy atom. The van der Waals surface area contributed by atoms with E-state index in [2.05, 4.69) is 0 Å². The Morgan fingerprint density at radius 3 is 2.47 bits per heavy atom. The van der Waals surface area contributed by atoms with Crippen molar-refractivity contribution in [1.82, 2.24) is 4.90 Å². The van der Waals surface area contributed by atoms with Gasteiger partial charge in [-0.05, 0) is 19.3 Å². The number of likely N-dealkylation sites (tertiary alicyclic amines) is 1. The molecule has 0 aromatic carbocycles. The molecule has 1 amide bonds. The van der Waals surface area contributed by atoms with Crippen LogP contribution in [-0.2, 0) is 9.59 Å². The Labute approximate surface area is 90.8 Å². The molecule has 0 aromatic rings. The lowest BCUT2D eigenvalue weighted by atomic mass is 9.88. The van der Waals surface area contributed by atoms with Crippen molar-refractivity contribution in [3.05, 3.63) is 0 Å². The Kier molecular flexibility index (Phi) is 3.39. The summed E-state index contributed by atoms with van der Waals surface area (Å²) in [6.07, 6.45) is 7.64. The van der Waals surface area contributed by atoms with E-state index in [9.17, 15) is 9.59 Å². The first-order valence-electron chi connectivity index (χ1n) is 6.05. The van der Waals surface area contributed by atoms with Gasteiger partial charge in [-0.3, -0.25) is 4.79 Å². The topological polar surface area (TPSA) is 37.4 Å². The normalized spacial score (nSPS) is 28.0. The molecule has 15 heavy (non-hydrogen) atoms. The highest BCUT2D eigenvalue weighted by atomic mass is 16.2. The Morgan fingerprint density at radius 2 is 1.87 bits per heavy atom. The summed E-state index contributed by atoms with van der Waals surface area (Å²) in [6.45, 7) is 1.46. The fraction of sp³-hybridized carbons (Fsp3) is 0.833. The second-order valence-corrected chi connectivity index (χ2v) is 4.80. The van der Waals surface area contributed by atoms with E-state index in [-0.39, 0.29) is 11.8 Å². The summed E-state index contributed by atoms with van der Waals surface area (Å²) in [6, 6.07) is 0. The van der Waals surface area contributed by atoms with Gasteiger partial charge in [-0.1, -0.05) is 19.3 Å². The van der Waals surface area contributed by atoms with Crippen LogP contribution < -0.4 is 0 Å². The van der Waals surface area contributed by atoms with E-state index in [1.54, 1.807) is 0 Å². The van der Waals surface area contributed by atoms with Gasteiger partial charge in [0.15, 0.2) is 0 Å². The molecule has 3 nitrogen and oxygen atoms in total. The molecule has 0 bridgehead atoms. The van der Waals surface area contributed by atoms with Gasteiger partial charge in [-0.25, -0.2) is 0 Å². The van der Waals surface area contributed by atoms with Crippen LogP contribution in [0.2, 0.25) is 0 Å². The minimum absolute atomic E-state index is 0.0949. The Balaban J connectivity index is 1.87. The third kappa shape index (κ3) is 2.39. The number of amides is 1. The molecule has 1 saturated carbocycles. The third-order valence-electron chi connectivity index (χ3n) is 3.68. The number of rotatable bonds is 2. The van der Waals surface area contributed by atoms with E-state index in [0.717, 1.165) is 32.1 Å². The Bertz CT molecular complexity index is 246. The molecule has 84 valence electrons. The lowest BCUT2D eigenvalue weighted by Gasteiger charge is -2.26. The molecule has 1 unspecified atom stereocenters. The summed E-state index contributed by atoms with van der Waals surface area (Å²) < 4.78 is 0. The maximum absolute atomic E-state index is 12.1. The fourth-order valence-electron chi connectivity index (χ4n) is 2.71. The molecule has 0 aromatic heterocycles. The van der Waals surface area contributed by atoms with Crippen molar-refractivity contribution >= 4 is 12.2 Å². The quantitative estimate of drug-likeness (QED) is 0.648. The molecule has 1 atom stereocenters. The largest absolute Gasteiger partial charge is 0.342 e. The summed E-state index contributed by atoms with van der Waals surface area (Å²) in [4.78, 5) is 24.6. The lowest BCUT2D eigenvalue weighted by Crippen LogP contribution is -2.35. The van der Waals surface area contributed by atoms with Gasteiger partial charge in [0, 0.05) is 24.9 Å². The number of carbonyl (C=O) groups excluding carboxylic acids is 2. The molecule has 2 rings (SSSR count). The molecule has 1 saturated heterocycles. The van der Waals surface area contributed by atoms with Gasteiger partial charge in [0.05, 0.1) is 0 Å². The molecule has 1 aliphatic heterocycles. The van der Waals surface area contributed by atoms with E-state index in [1.165, 1.54) is 19.3 Å². The van der Waals surface area contributed by atoms with Gasteiger partial charge in [-0.2, -0.15) is 0 Å². The molecule has 0 spiro atoms. The van der Waals surface area contributed by atoms with Crippen LogP contribution in [0.5, 0.6) is 0 Å². The van der Waals surface area contributed by atoms with Crippen molar-refractivity contribution in [2.24, 2.45) is 11.8 Å². The lowest BCUT2D eigenvalue weighted by molar-refractivity contribution is -0.135. The molecular formula is C12H19NO2. The SMILES string of the molecule is O=CC1CCN(C(=O)C2CCCCC2)C1. The van der Waals surface area contributed by atoms with Crippen LogP contribution in [0, 0.1) is 11.8 Å². The zero-order chi connectivity index (χ0) is 10.7. The van der Waals surface area contributed by atoms with E-state index in [4.69, 9.17) is 0 Å². The molecule has 2 aliphatic rings. The van der Waals surface area contributed by atoms with Crippen LogP contribution in [0.1, 0.15) is 38.5 Å². The highest BCUT2D eigenvalue weighted by Gasteiger charge is 2.31. The third-order valence-corrected chi connectivity index (χ3v) is 3.68. The van der Waals surface area contributed by atoms with Crippen molar-refractivity contribution in [2.75, 3.05) is 13.1 Å². The smallest absolute Gasteiger partial charge is 0.225 e. The minimum atomic E-state index is 0.0949. The van der Waals surface area contributed by atoms with Crippen molar-refractivity contribution in [3.8, 4) is 0 Å². The average molecular weight is 209 g/mol. The molecule has 2 fully saturated rings. The van der Waals surface area contributed by atoms with Gasteiger partial charge in [0.25, 0.3) is 0 Å². The van der Waals surface area contributed by atoms with Crippen LogP contribution in [0.15, 0.2) is 0 Å². The van der Waals surface area contributed by atoms with E-state index in [0.29, 0.717) is 12.5 Å². The number of hydrogen-bond donors (Lipinski definition) is 0. The average Bonchev–Trinajstić information content (AvgIpc) is 2.78. The van der Waals surface area contributed by atoms with Gasteiger partial charge < -0.3 is 9.69 Å². The molecule has 3 heteroatoms. The zero-order valence-electron chi connectivity index (χ0n) is 9.15. The summed E-state index contributed by atoms with van der Waals surface area (Å²) in [5, 5.41) is 0. The highest BCUT2D eigenvalue weighted by Crippen LogP contribution is 2.27. The summed E-state index contributed by atoms with van der Waals surface area (Å²) in [7, 11) is 0. The van der Waals surface area contributed by atoms with Crippen LogP contribution >= 0.6 is 0 Å². The second-order valence-electron chi connectivity index (χ2n) is 4.80.